The SMILES string of the molecule is COCCOc1cc(NCc2ccccc2)ncn1. The Morgan fingerprint density at radius 2 is 1.95 bits per heavy atom. The van der Waals surface area contributed by atoms with Gasteiger partial charge in [0.15, 0.2) is 0 Å². The van der Waals surface area contributed by atoms with Crippen LogP contribution in [0.5, 0.6) is 5.88 Å². The van der Waals surface area contributed by atoms with Crippen molar-refractivity contribution in [3.63, 3.8) is 0 Å². The smallest absolute Gasteiger partial charge is 0.218 e. The number of anilines is 1. The minimum Gasteiger partial charge on any atom is -0.475 e. The van der Waals surface area contributed by atoms with Gasteiger partial charge in [-0.2, -0.15) is 0 Å². The lowest BCUT2D eigenvalue weighted by atomic mass is 10.2. The zero-order valence-corrected chi connectivity index (χ0v) is 10.9. The molecule has 0 bridgehead atoms. The molecule has 0 aliphatic rings. The Labute approximate surface area is 112 Å². The van der Waals surface area contributed by atoms with Gasteiger partial charge in [-0.3, -0.25) is 0 Å². The summed E-state index contributed by atoms with van der Waals surface area (Å²) in [5.74, 6) is 1.29. The lowest BCUT2D eigenvalue weighted by molar-refractivity contribution is 0.143. The normalized spacial score (nSPS) is 10.2. The van der Waals surface area contributed by atoms with Gasteiger partial charge in [0.05, 0.1) is 6.61 Å². The maximum Gasteiger partial charge on any atom is 0.218 e. The quantitative estimate of drug-likeness (QED) is 0.772. The molecule has 2 aromatic rings. The van der Waals surface area contributed by atoms with Crippen LogP contribution in [0.25, 0.3) is 0 Å². The third-order valence-electron chi connectivity index (χ3n) is 2.50. The molecule has 1 N–H and O–H groups in total. The monoisotopic (exact) mass is 259 g/mol. The highest BCUT2D eigenvalue weighted by Crippen LogP contribution is 2.12. The van der Waals surface area contributed by atoms with Crippen LogP contribution in [0, 0.1) is 0 Å². The van der Waals surface area contributed by atoms with Gasteiger partial charge in [0.25, 0.3) is 0 Å². The van der Waals surface area contributed by atoms with Crippen LogP contribution >= 0.6 is 0 Å². The van der Waals surface area contributed by atoms with Crippen molar-refractivity contribution in [3.05, 3.63) is 48.3 Å². The van der Waals surface area contributed by atoms with Crippen molar-refractivity contribution in [1.82, 2.24) is 9.97 Å². The Bertz CT molecular complexity index is 491. The summed E-state index contributed by atoms with van der Waals surface area (Å²) < 4.78 is 10.3. The fourth-order valence-corrected chi connectivity index (χ4v) is 1.53. The number of benzene rings is 1. The van der Waals surface area contributed by atoms with E-state index in [1.54, 1.807) is 13.2 Å². The number of aromatic nitrogens is 2. The van der Waals surface area contributed by atoms with Crippen LogP contribution in [0.2, 0.25) is 0 Å². The maximum absolute atomic E-state index is 5.42. The molecule has 0 aliphatic carbocycles. The second-order valence-electron chi connectivity index (χ2n) is 3.92. The third-order valence-corrected chi connectivity index (χ3v) is 2.50. The van der Waals surface area contributed by atoms with Gasteiger partial charge in [-0.15, -0.1) is 0 Å². The summed E-state index contributed by atoms with van der Waals surface area (Å²) in [7, 11) is 1.64. The molecule has 1 aromatic carbocycles. The molecular formula is C14H17N3O2. The van der Waals surface area contributed by atoms with Crippen molar-refractivity contribution in [2.45, 2.75) is 6.54 Å². The summed E-state index contributed by atoms with van der Waals surface area (Å²) in [4.78, 5) is 8.19. The first-order valence-corrected chi connectivity index (χ1v) is 6.10. The summed E-state index contributed by atoms with van der Waals surface area (Å²) in [6.07, 6.45) is 1.48. The second kappa shape index (κ2) is 7.33. The van der Waals surface area contributed by atoms with Crippen molar-refractivity contribution in [2.75, 3.05) is 25.6 Å². The number of nitrogens with zero attached hydrogens (tertiary/aromatic N) is 2. The molecule has 0 aliphatic heterocycles. The van der Waals surface area contributed by atoms with Gasteiger partial charge < -0.3 is 14.8 Å². The minimum absolute atomic E-state index is 0.478. The topological polar surface area (TPSA) is 56.3 Å². The first kappa shape index (κ1) is 13.3. The van der Waals surface area contributed by atoms with Crippen LogP contribution < -0.4 is 10.1 Å². The molecule has 0 atom stereocenters. The van der Waals surface area contributed by atoms with E-state index < -0.39 is 0 Å². The van der Waals surface area contributed by atoms with E-state index in [1.165, 1.54) is 11.9 Å². The summed E-state index contributed by atoms with van der Waals surface area (Å²) in [6.45, 7) is 1.73. The van der Waals surface area contributed by atoms with E-state index in [0.717, 1.165) is 12.4 Å². The van der Waals surface area contributed by atoms with Gasteiger partial charge in [-0.1, -0.05) is 30.3 Å². The second-order valence-corrected chi connectivity index (χ2v) is 3.92. The van der Waals surface area contributed by atoms with E-state index in [0.29, 0.717) is 19.1 Å². The van der Waals surface area contributed by atoms with Crippen molar-refractivity contribution in [3.8, 4) is 5.88 Å². The maximum atomic E-state index is 5.42. The van der Waals surface area contributed by atoms with Gasteiger partial charge in [0.2, 0.25) is 5.88 Å². The van der Waals surface area contributed by atoms with E-state index in [1.807, 2.05) is 18.2 Å². The highest BCUT2D eigenvalue weighted by molar-refractivity contribution is 5.38. The molecule has 1 aromatic heterocycles. The third kappa shape index (κ3) is 4.56. The van der Waals surface area contributed by atoms with Crippen LogP contribution in [0.1, 0.15) is 5.56 Å². The van der Waals surface area contributed by atoms with E-state index >= 15 is 0 Å². The summed E-state index contributed by atoms with van der Waals surface area (Å²) in [5, 5.41) is 3.23. The lowest BCUT2D eigenvalue weighted by Gasteiger charge is -2.08. The predicted molar refractivity (Wildman–Crippen MR) is 73.2 cm³/mol. The lowest BCUT2D eigenvalue weighted by Crippen LogP contribution is -2.07. The number of hydrogen-bond acceptors (Lipinski definition) is 5. The van der Waals surface area contributed by atoms with Gasteiger partial charge in [0, 0.05) is 19.7 Å². The average molecular weight is 259 g/mol. The van der Waals surface area contributed by atoms with Gasteiger partial charge in [-0.05, 0) is 5.56 Å². The molecule has 0 amide bonds. The molecule has 2 rings (SSSR count). The summed E-state index contributed by atoms with van der Waals surface area (Å²) in [5.41, 5.74) is 1.20. The first-order chi connectivity index (χ1) is 9.38. The van der Waals surface area contributed by atoms with Crippen molar-refractivity contribution >= 4 is 5.82 Å². The standard InChI is InChI=1S/C14H17N3O2/c1-18-7-8-19-14-9-13(16-11-17-14)15-10-12-5-3-2-4-6-12/h2-6,9,11H,7-8,10H2,1H3,(H,15,16,17). The molecule has 0 spiro atoms. The Morgan fingerprint density at radius 1 is 1.11 bits per heavy atom. The molecule has 0 saturated carbocycles. The highest BCUT2D eigenvalue weighted by Gasteiger charge is 1.99. The van der Waals surface area contributed by atoms with Crippen molar-refractivity contribution in [1.29, 1.82) is 0 Å². The highest BCUT2D eigenvalue weighted by atomic mass is 16.5. The van der Waals surface area contributed by atoms with E-state index in [-0.39, 0.29) is 0 Å². The zero-order chi connectivity index (χ0) is 13.3. The molecular weight excluding hydrogens is 242 g/mol. The van der Waals surface area contributed by atoms with Crippen molar-refractivity contribution < 1.29 is 9.47 Å². The van der Waals surface area contributed by atoms with Crippen LogP contribution in [-0.4, -0.2) is 30.3 Å². The molecule has 1 heterocycles. The molecule has 100 valence electrons. The minimum atomic E-state index is 0.478. The molecule has 19 heavy (non-hydrogen) atoms. The van der Waals surface area contributed by atoms with E-state index in [9.17, 15) is 0 Å². The summed E-state index contributed by atoms with van der Waals surface area (Å²) in [6, 6.07) is 11.9. The largest absolute Gasteiger partial charge is 0.475 e. The molecule has 5 nitrogen and oxygen atoms in total. The fraction of sp³-hybridized carbons (Fsp3) is 0.286. The van der Waals surface area contributed by atoms with Gasteiger partial charge in [-0.25, -0.2) is 9.97 Å². The number of hydrogen-bond donors (Lipinski definition) is 1. The molecule has 0 fully saturated rings. The number of methoxy groups -OCH3 is 1. The van der Waals surface area contributed by atoms with E-state index in [2.05, 4.69) is 27.4 Å². The average Bonchev–Trinajstić information content (AvgIpc) is 2.47. The number of rotatable bonds is 7. The van der Waals surface area contributed by atoms with Crippen LogP contribution in [-0.2, 0) is 11.3 Å². The van der Waals surface area contributed by atoms with Crippen LogP contribution in [0.3, 0.4) is 0 Å². The van der Waals surface area contributed by atoms with Gasteiger partial charge >= 0.3 is 0 Å². The Hall–Kier alpha value is -2.14. The zero-order valence-electron chi connectivity index (χ0n) is 10.9. The number of ether oxygens (including phenoxy) is 2. The molecule has 0 unspecified atom stereocenters. The first-order valence-electron chi connectivity index (χ1n) is 6.10. The Balaban J connectivity index is 1.88. The summed E-state index contributed by atoms with van der Waals surface area (Å²) >= 11 is 0. The Morgan fingerprint density at radius 3 is 2.74 bits per heavy atom. The van der Waals surface area contributed by atoms with Crippen molar-refractivity contribution in [2.24, 2.45) is 0 Å². The fourth-order valence-electron chi connectivity index (χ4n) is 1.53. The Kier molecular flexibility index (Phi) is 5.13. The molecule has 0 radical (unpaired) electrons. The van der Waals surface area contributed by atoms with Crippen LogP contribution in [0.4, 0.5) is 5.82 Å². The molecule has 5 heteroatoms. The van der Waals surface area contributed by atoms with Crippen LogP contribution in [0.15, 0.2) is 42.7 Å². The number of nitrogens with one attached hydrogen (secondary N) is 1. The predicted octanol–water partition coefficient (Wildman–Crippen LogP) is 2.11. The molecule has 0 saturated heterocycles. The van der Waals surface area contributed by atoms with E-state index in [4.69, 9.17) is 9.47 Å². The van der Waals surface area contributed by atoms with Gasteiger partial charge in [0.1, 0.15) is 18.8 Å².